The second kappa shape index (κ2) is 6.50. The number of hydrogen-bond acceptors (Lipinski definition) is 3. The molecule has 0 bridgehead atoms. The van der Waals surface area contributed by atoms with Crippen LogP contribution in [0, 0.1) is 5.41 Å². The fourth-order valence-corrected chi connectivity index (χ4v) is 2.84. The number of nitrogens with zero attached hydrogens (tertiary/aromatic N) is 1. The van der Waals surface area contributed by atoms with Crippen molar-refractivity contribution in [3.05, 3.63) is 0 Å². The van der Waals surface area contributed by atoms with E-state index in [0.29, 0.717) is 12.3 Å². The van der Waals surface area contributed by atoms with Gasteiger partial charge in [0.2, 0.25) is 0 Å². The first-order valence-corrected chi connectivity index (χ1v) is 7.74. The molecule has 0 aromatic rings. The second-order valence-electron chi connectivity index (χ2n) is 6.06. The van der Waals surface area contributed by atoms with Crippen LogP contribution < -0.4 is 5.32 Å². The van der Waals surface area contributed by atoms with E-state index >= 15 is 0 Å². The van der Waals surface area contributed by atoms with Crippen molar-refractivity contribution in [3.8, 4) is 0 Å². The zero-order valence-corrected chi connectivity index (χ0v) is 12.9. The van der Waals surface area contributed by atoms with Crippen LogP contribution in [0.1, 0.15) is 34.1 Å². The molecule has 1 fully saturated rings. The Morgan fingerprint density at radius 2 is 2.11 bits per heavy atom. The van der Waals surface area contributed by atoms with Gasteiger partial charge in [-0.15, -0.1) is 0 Å². The SMILES string of the molecule is CC(NC(=O)N1CCSCC1CC(=O)O)C(C)(C)C. The summed E-state index contributed by atoms with van der Waals surface area (Å²) >= 11 is 1.71. The minimum Gasteiger partial charge on any atom is -0.481 e. The summed E-state index contributed by atoms with van der Waals surface area (Å²) in [7, 11) is 0. The van der Waals surface area contributed by atoms with Gasteiger partial charge in [0.05, 0.1) is 12.5 Å². The first-order chi connectivity index (χ1) is 8.71. The molecule has 0 aromatic heterocycles. The molecule has 0 aromatic carbocycles. The van der Waals surface area contributed by atoms with Crippen LogP contribution in [-0.2, 0) is 4.79 Å². The Labute approximate surface area is 119 Å². The molecular weight excluding hydrogens is 264 g/mol. The quantitative estimate of drug-likeness (QED) is 0.833. The lowest BCUT2D eigenvalue weighted by molar-refractivity contribution is -0.138. The standard InChI is InChI=1S/C13H24N2O3S/c1-9(13(2,3)4)14-12(18)15-5-6-19-8-10(15)7-11(16)17/h9-10H,5-8H2,1-4H3,(H,14,18)(H,16,17). The molecule has 2 unspecified atom stereocenters. The fourth-order valence-electron chi connectivity index (χ4n) is 1.78. The molecule has 2 amide bonds. The first kappa shape index (κ1) is 16.1. The maximum Gasteiger partial charge on any atom is 0.317 e. The van der Waals surface area contributed by atoms with E-state index in [1.165, 1.54) is 0 Å². The van der Waals surface area contributed by atoms with Gasteiger partial charge in [-0.25, -0.2) is 4.79 Å². The van der Waals surface area contributed by atoms with Crippen LogP contribution in [0.15, 0.2) is 0 Å². The molecule has 1 aliphatic heterocycles. The molecule has 2 atom stereocenters. The van der Waals surface area contributed by atoms with E-state index in [4.69, 9.17) is 5.11 Å². The smallest absolute Gasteiger partial charge is 0.317 e. The molecule has 0 spiro atoms. The van der Waals surface area contributed by atoms with Crippen molar-refractivity contribution in [1.82, 2.24) is 10.2 Å². The maximum atomic E-state index is 12.3. The molecule has 0 aliphatic carbocycles. The monoisotopic (exact) mass is 288 g/mol. The molecule has 1 rings (SSSR count). The van der Waals surface area contributed by atoms with E-state index in [-0.39, 0.29) is 30.0 Å². The highest BCUT2D eigenvalue weighted by Gasteiger charge is 2.31. The molecule has 19 heavy (non-hydrogen) atoms. The Kier molecular flexibility index (Phi) is 5.52. The predicted molar refractivity (Wildman–Crippen MR) is 77.5 cm³/mol. The van der Waals surface area contributed by atoms with Crippen LogP contribution in [0.2, 0.25) is 0 Å². The van der Waals surface area contributed by atoms with Crippen molar-refractivity contribution in [2.45, 2.75) is 46.2 Å². The number of thioether (sulfide) groups is 1. The molecule has 110 valence electrons. The van der Waals surface area contributed by atoms with Crippen molar-refractivity contribution in [1.29, 1.82) is 0 Å². The Hall–Kier alpha value is -0.910. The summed E-state index contributed by atoms with van der Waals surface area (Å²) < 4.78 is 0. The molecule has 0 saturated carbocycles. The first-order valence-electron chi connectivity index (χ1n) is 6.58. The average molecular weight is 288 g/mol. The van der Waals surface area contributed by atoms with E-state index < -0.39 is 5.97 Å². The number of rotatable bonds is 3. The highest BCUT2D eigenvalue weighted by Crippen LogP contribution is 2.22. The van der Waals surface area contributed by atoms with E-state index in [1.807, 2.05) is 6.92 Å². The number of hydrogen-bond donors (Lipinski definition) is 2. The zero-order chi connectivity index (χ0) is 14.6. The third kappa shape index (κ3) is 4.93. The molecule has 0 radical (unpaired) electrons. The number of nitrogens with one attached hydrogen (secondary N) is 1. The minimum atomic E-state index is -0.853. The number of carbonyl (C=O) groups is 2. The average Bonchev–Trinajstić information content (AvgIpc) is 2.27. The van der Waals surface area contributed by atoms with Gasteiger partial charge in [0, 0.05) is 24.1 Å². The van der Waals surface area contributed by atoms with Crippen LogP contribution in [0.3, 0.4) is 0 Å². The molecule has 1 saturated heterocycles. The number of carboxylic acid groups (broad SMARTS) is 1. The third-order valence-corrected chi connectivity index (χ3v) is 4.63. The van der Waals surface area contributed by atoms with Crippen LogP contribution >= 0.6 is 11.8 Å². The van der Waals surface area contributed by atoms with E-state index in [9.17, 15) is 9.59 Å². The summed E-state index contributed by atoms with van der Waals surface area (Å²) in [6, 6.07) is -0.308. The van der Waals surface area contributed by atoms with Gasteiger partial charge in [-0.2, -0.15) is 11.8 Å². The van der Waals surface area contributed by atoms with Crippen molar-refractivity contribution in [2.75, 3.05) is 18.1 Å². The van der Waals surface area contributed by atoms with Crippen molar-refractivity contribution < 1.29 is 14.7 Å². The Morgan fingerprint density at radius 3 is 2.63 bits per heavy atom. The molecule has 5 nitrogen and oxygen atoms in total. The normalized spacial score (nSPS) is 21.9. The number of carboxylic acids is 1. The summed E-state index contributed by atoms with van der Waals surface area (Å²) in [4.78, 5) is 24.8. The summed E-state index contributed by atoms with van der Waals surface area (Å²) in [5.41, 5.74) is -0.0114. The topological polar surface area (TPSA) is 69.6 Å². The van der Waals surface area contributed by atoms with Crippen molar-refractivity contribution >= 4 is 23.8 Å². The number of aliphatic carboxylic acids is 1. The summed E-state index contributed by atoms with van der Waals surface area (Å²) in [5, 5.41) is 11.9. The largest absolute Gasteiger partial charge is 0.481 e. The van der Waals surface area contributed by atoms with E-state index in [0.717, 1.165) is 5.75 Å². The number of urea groups is 1. The lowest BCUT2D eigenvalue weighted by Crippen LogP contribution is -2.54. The predicted octanol–water partition coefficient (Wildman–Crippen LogP) is 2.02. The molecule has 1 aliphatic rings. The zero-order valence-electron chi connectivity index (χ0n) is 12.1. The van der Waals surface area contributed by atoms with Crippen molar-refractivity contribution in [3.63, 3.8) is 0 Å². The van der Waals surface area contributed by atoms with Crippen LogP contribution in [-0.4, -0.2) is 52.1 Å². The minimum absolute atomic E-state index is 0.0114. The van der Waals surface area contributed by atoms with Gasteiger partial charge < -0.3 is 15.3 Å². The Morgan fingerprint density at radius 1 is 1.47 bits per heavy atom. The van der Waals surface area contributed by atoms with E-state index in [2.05, 4.69) is 26.1 Å². The highest BCUT2D eigenvalue weighted by atomic mass is 32.2. The maximum absolute atomic E-state index is 12.3. The third-order valence-electron chi connectivity index (χ3n) is 3.54. The summed E-state index contributed by atoms with van der Waals surface area (Å²) in [5.74, 6) is 0.714. The van der Waals surface area contributed by atoms with Gasteiger partial charge >= 0.3 is 12.0 Å². The summed E-state index contributed by atoms with van der Waals surface area (Å²) in [6.45, 7) is 8.80. The van der Waals surface area contributed by atoms with E-state index in [1.54, 1.807) is 16.7 Å². The Bertz CT molecular complexity index is 341. The molecular formula is C13H24N2O3S. The molecule has 2 N–H and O–H groups in total. The van der Waals surface area contributed by atoms with Gasteiger partial charge in [0.15, 0.2) is 0 Å². The molecule has 1 heterocycles. The van der Waals surface area contributed by atoms with Crippen molar-refractivity contribution in [2.24, 2.45) is 5.41 Å². The number of amides is 2. The van der Waals surface area contributed by atoms with Gasteiger partial charge in [-0.1, -0.05) is 20.8 Å². The van der Waals surface area contributed by atoms with Crippen LogP contribution in [0.25, 0.3) is 0 Å². The van der Waals surface area contributed by atoms with Crippen LogP contribution in [0.4, 0.5) is 4.79 Å². The second-order valence-corrected chi connectivity index (χ2v) is 7.21. The lowest BCUT2D eigenvalue weighted by atomic mass is 9.88. The van der Waals surface area contributed by atoms with Crippen LogP contribution in [0.5, 0.6) is 0 Å². The number of carbonyl (C=O) groups excluding carboxylic acids is 1. The Balaban J connectivity index is 2.64. The van der Waals surface area contributed by atoms with Gasteiger partial charge in [-0.3, -0.25) is 4.79 Å². The van der Waals surface area contributed by atoms with Gasteiger partial charge in [0.1, 0.15) is 0 Å². The lowest BCUT2D eigenvalue weighted by Gasteiger charge is -2.37. The molecule has 6 heteroatoms. The van der Waals surface area contributed by atoms with Gasteiger partial charge in [0.25, 0.3) is 0 Å². The highest BCUT2D eigenvalue weighted by molar-refractivity contribution is 7.99. The fraction of sp³-hybridized carbons (Fsp3) is 0.846. The summed E-state index contributed by atoms with van der Waals surface area (Å²) in [6.07, 6.45) is 0.0182. The van der Waals surface area contributed by atoms with Gasteiger partial charge in [-0.05, 0) is 12.3 Å².